The van der Waals surface area contributed by atoms with Crippen molar-refractivity contribution in [3.63, 3.8) is 0 Å². The fraction of sp³-hybridized carbons (Fsp3) is 0.318. The molecule has 1 N–H and O–H groups in total. The molecule has 0 saturated carbocycles. The van der Waals surface area contributed by atoms with Gasteiger partial charge in [0.15, 0.2) is 6.61 Å². The van der Waals surface area contributed by atoms with Gasteiger partial charge in [-0.25, -0.2) is 4.39 Å². The van der Waals surface area contributed by atoms with Gasteiger partial charge in [-0.05, 0) is 55.7 Å². The number of nitrogens with zero attached hydrogens (tertiary/aromatic N) is 3. The van der Waals surface area contributed by atoms with E-state index < -0.39 is 5.82 Å². The summed E-state index contributed by atoms with van der Waals surface area (Å²) in [7, 11) is 0. The van der Waals surface area contributed by atoms with E-state index in [1.165, 1.54) is 12.1 Å². The molecular formula is C22H21Cl2FN4O3. The summed E-state index contributed by atoms with van der Waals surface area (Å²) in [5.41, 5.74) is 0.800. The molecule has 10 heteroatoms. The van der Waals surface area contributed by atoms with Crippen LogP contribution in [0.3, 0.4) is 0 Å². The summed E-state index contributed by atoms with van der Waals surface area (Å²) in [5.74, 6) is -0.168. The number of halogens is 3. The van der Waals surface area contributed by atoms with Crippen molar-refractivity contribution in [2.24, 2.45) is 0 Å². The van der Waals surface area contributed by atoms with E-state index in [1.54, 1.807) is 12.1 Å². The fourth-order valence-electron chi connectivity index (χ4n) is 3.47. The Morgan fingerprint density at radius 1 is 1.16 bits per heavy atom. The molecule has 1 aliphatic heterocycles. The predicted molar refractivity (Wildman–Crippen MR) is 120 cm³/mol. The highest BCUT2D eigenvalue weighted by Gasteiger charge is 2.22. The lowest BCUT2D eigenvalue weighted by molar-refractivity contribution is -0.123. The average molecular weight is 479 g/mol. The van der Waals surface area contributed by atoms with Gasteiger partial charge in [-0.15, -0.1) is 5.10 Å². The predicted octanol–water partition coefficient (Wildman–Crippen LogP) is 4.74. The first-order chi connectivity index (χ1) is 15.5. The van der Waals surface area contributed by atoms with Gasteiger partial charge in [0, 0.05) is 35.8 Å². The van der Waals surface area contributed by atoms with Crippen molar-refractivity contribution >= 4 is 35.1 Å². The van der Waals surface area contributed by atoms with Crippen LogP contribution in [0.15, 0.2) is 46.9 Å². The van der Waals surface area contributed by atoms with Crippen LogP contribution in [0.2, 0.25) is 10.0 Å². The van der Waals surface area contributed by atoms with E-state index in [0.717, 1.165) is 37.4 Å². The molecule has 0 aliphatic carbocycles. The number of hydrogen-bond acceptors (Lipinski definition) is 6. The van der Waals surface area contributed by atoms with Crippen molar-refractivity contribution in [1.29, 1.82) is 0 Å². The van der Waals surface area contributed by atoms with Gasteiger partial charge in [0.1, 0.15) is 11.6 Å². The van der Waals surface area contributed by atoms with Crippen molar-refractivity contribution < 1.29 is 18.3 Å². The van der Waals surface area contributed by atoms with Crippen molar-refractivity contribution in [1.82, 2.24) is 15.5 Å². The molecule has 0 unspecified atom stereocenters. The number of ether oxygens (including phenoxy) is 1. The van der Waals surface area contributed by atoms with Gasteiger partial charge >= 0.3 is 6.01 Å². The number of aromatic nitrogens is 2. The number of rotatable bonds is 6. The van der Waals surface area contributed by atoms with Crippen LogP contribution in [-0.4, -0.2) is 41.8 Å². The molecule has 1 saturated heterocycles. The van der Waals surface area contributed by atoms with E-state index in [-0.39, 0.29) is 29.3 Å². The van der Waals surface area contributed by atoms with Crippen LogP contribution < -0.4 is 15.0 Å². The van der Waals surface area contributed by atoms with Crippen LogP contribution in [0, 0.1) is 5.82 Å². The summed E-state index contributed by atoms with van der Waals surface area (Å²) in [4.78, 5) is 14.3. The van der Waals surface area contributed by atoms with Crippen molar-refractivity contribution in [3.8, 4) is 17.2 Å². The first kappa shape index (κ1) is 22.4. The Bertz CT molecular complexity index is 1080. The van der Waals surface area contributed by atoms with Gasteiger partial charge in [0.05, 0.1) is 5.02 Å². The molecular weight excluding hydrogens is 458 g/mol. The zero-order valence-corrected chi connectivity index (χ0v) is 18.6. The molecule has 1 aromatic heterocycles. The zero-order chi connectivity index (χ0) is 22.5. The van der Waals surface area contributed by atoms with E-state index in [2.05, 4.69) is 15.5 Å². The van der Waals surface area contributed by atoms with E-state index in [9.17, 15) is 9.18 Å². The maximum atomic E-state index is 13.5. The largest absolute Gasteiger partial charge is 0.484 e. The SMILES string of the molecule is O=C(COc1ccc(Cl)c(F)c1)N[C@H]1CCCN(c2nnc(-c3ccc(Cl)cc3)o2)CC1. The quantitative estimate of drug-likeness (QED) is 0.551. The van der Waals surface area contributed by atoms with Gasteiger partial charge in [0.2, 0.25) is 5.89 Å². The molecule has 1 aliphatic rings. The summed E-state index contributed by atoms with van der Waals surface area (Å²) in [6, 6.07) is 11.7. The van der Waals surface area contributed by atoms with Gasteiger partial charge in [0.25, 0.3) is 5.91 Å². The maximum Gasteiger partial charge on any atom is 0.318 e. The van der Waals surface area contributed by atoms with Gasteiger partial charge < -0.3 is 19.4 Å². The molecule has 3 aromatic rings. The highest BCUT2D eigenvalue weighted by atomic mass is 35.5. The topological polar surface area (TPSA) is 80.5 Å². The molecule has 1 amide bonds. The molecule has 1 atom stereocenters. The Balaban J connectivity index is 1.28. The summed E-state index contributed by atoms with van der Waals surface area (Å²) < 4.78 is 24.7. The Kier molecular flexibility index (Phi) is 7.12. The number of nitrogens with one attached hydrogen (secondary N) is 1. The summed E-state index contributed by atoms with van der Waals surface area (Å²) in [6.07, 6.45) is 2.39. The minimum Gasteiger partial charge on any atom is -0.484 e. The van der Waals surface area contributed by atoms with Crippen molar-refractivity contribution in [2.75, 3.05) is 24.6 Å². The lowest BCUT2D eigenvalue weighted by Gasteiger charge is -2.18. The summed E-state index contributed by atoms with van der Waals surface area (Å²) in [6.45, 7) is 1.21. The summed E-state index contributed by atoms with van der Waals surface area (Å²) >= 11 is 11.6. The number of benzene rings is 2. The molecule has 0 spiro atoms. The minimum atomic E-state index is -0.589. The second-order valence-electron chi connectivity index (χ2n) is 7.44. The zero-order valence-electron chi connectivity index (χ0n) is 17.1. The minimum absolute atomic E-state index is 0.00305. The molecule has 4 rings (SSSR count). The maximum absolute atomic E-state index is 13.5. The lowest BCUT2D eigenvalue weighted by atomic mass is 10.1. The molecule has 1 fully saturated rings. The molecule has 2 aromatic carbocycles. The van der Waals surface area contributed by atoms with Gasteiger partial charge in [-0.3, -0.25) is 4.79 Å². The van der Waals surface area contributed by atoms with Crippen LogP contribution in [0.4, 0.5) is 10.4 Å². The first-order valence-electron chi connectivity index (χ1n) is 10.2. The Morgan fingerprint density at radius 3 is 2.75 bits per heavy atom. The lowest BCUT2D eigenvalue weighted by Crippen LogP contribution is -2.38. The third kappa shape index (κ3) is 5.69. The number of carbonyl (C=O) groups excluding carboxylic acids is 1. The van der Waals surface area contributed by atoms with Crippen molar-refractivity contribution in [3.05, 3.63) is 58.3 Å². The smallest absolute Gasteiger partial charge is 0.318 e. The van der Waals surface area contributed by atoms with Crippen LogP contribution in [0.25, 0.3) is 11.5 Å². The Labute approximate surface area is 194 Å². The third-order valence-corrected chi connectivity index (χ3v) is 5.69. The normalized spacial score (nSPS) is 16.5. The van der Waals surface area contributed by atoms with Crippen molar-refractivity contribution in [2.45, 2.75) is 25.3 Å². The van der Waals surface area contributed by atoms with Crippen LogP contribution >= 0.6 is 23.2 Å². The second kappa shape index (κ2) is 10.2. The van der Waals surface area contributed by atoms with Crippen LogP contribution in [0.1, 0.15) is 19.3 Å². The van der Waals surface area contributed by atoms with Crippen LogP contribution in [0.5, 0.6) is 5.75 Å². The van der Waals surface area contributed by atoms with E-state index in [1.807, 2.05) is 17.0 Å². The number of anilines is 1. The third-order valence-electron chi connectivity index (χ3n) is 5.13. The van der Waals surface area contributed by atoms with E-state index >= 15 is 0 Å². The van der Waals surface area contributed by atoms with Crippen LogP contribution in [-0.2, 0) is 4.79 Å². The summed E-state index contributed by atoms with van der Waals surface area (Å²) in [5, 5.41) is 11.9. The van der Waals surface area contributed by atoms with E-state index in [0.29, 0.717) is 23.5 Å². The Hall–Kier alpha value is -2.84. The molecule has 0 radical (unpaired) electrons. The Morgan fingerprint density at radius 2 is 1.97 bits per heavy atom. The standard InChI is InChI=1S/C22H21Cl2FN4O3/c23-15-5-3-14(4-6-15)21-27-28-22(32-21)29-10-1-2-16(9-11-29)26-20(30)13-31-17-7-8-18(24)19(25)12-17/h3-8,12,16H,1-2,9-11,13H2,(H,26,30)/t16-/m0/s1. The molecule has 32 heavy (non-hydrogen) atoms. The number of amides is 1. The number of hydrogen-bond donors (Lipinski definition) is 1. The highest BCUT2D eigenvalue weighted by Crippen LogP contribution is 2.25. The van der Waals surface area contributed by atoms with Gasteiger partial charge in [-0.1, -0.05) is 28.3 Å². The number of carbonyl (C=O) groups is 1. The van der Waals surface area contributed by atoms with E-state index in [4.69, 9.17) is 32.4 Å². The fourth-order valence-corrected chi connectivity index (χ4v) is 3.71. The molecule has 7 nitrogen and oxygen atoms in total. The monoisotopic (exact) mass is 478 g/mol. The molecule has 168 valence electrons. The first-order valence-corrected chi connectivity index (χ1v) is 10.9. The second-order valence-corrected chi connectivity index (χ2v) is 8.29. The average Bonchev–Trinajstić information content (AvgIpc) is 3.16. The van der Waals surface area contributed by atoms with Gasteiger partial charge in [-0.2, -0.15) is 0 Å². The highest BCUT2D eigenvalue weighted by molar-refractivity contribution is 6.31. The molecule has 0 bridgehead atoms. The molecule has 2 heterocycles.